The number of piperazine rings is 1. The second kappa shape index (κ2) is 4.11. The zero-order valence-electron chi connectivity index (χ0n) is 7.07. The van der Waals surface area contributed by atoms with Gasteiger partial charge >= 0.3 is 5.97 Å². The molecule has 0 aromatic carbocycles. The van der Waals surface area contributed by atoms with E-state index in [0.717, 1.165) is 26.2 Å². The fraction of sp³-hybridized carbons (Fsp3) is 0.625. The third kappa shape index (κ3) is 2.54. The van der Waals surface area contributed by atoms with Gasteiger partial charge in [0.05, 0.1) is 6.54 Å². The molecule has 0 atom stereocenters. The van der Waals surface area contributed by atoms with Crippen molar-refractivity contribution in [3.63, 3.8) is 0 Å². The number of hydrogen-bond acceptors (Lipinski definition) is 3. The number of carboxylic acid groups (broad SMARTS) is 1. The van der Waals surface area contributed by atoms with Crippen LogP contribution in [-0.2, 0) is 4.79 Å². The Kier molecular flexibility index (Phi) is 3.10. The molecule has 1 heterocycles. The van der Waals surface area contributed by atoms with E-state index in [1.54, 1.807) is 6.20 Å². The van der Waals surface area contributed by atoms with Crippen molar-refractivity contribution in [3.8, 4) is 0 Å². The maximum atomic E-state index is 10.3. The molecule has 0 aliphatic carbocycles. The van der Waals surface area contributed by atoms with Crippen LogP contribution in [0.1, 0.15) is 0 Å². The Hall–Kier alpha value is -1.03. The summed E-state index contributed by atoms with van der Waals surface area (Å²) in [4.78, 5) is 14.4. The molecule has 0 aromatic heterocycles. The van der Waals surface area contributed by atoms with Gasteiger partial charge in [-0.3, -0.25) is 9.69 Å². The molecule has 0 unspecified atom stereocenters. The van der Waals surface area contributed by atoms with Gasteiger partial charge in [0.2, 0.25) is 0 Å². The van der Waals surface area contributed by atoms with E-state index in [-0.39, 0.29) is 6.54 Å². The second-order valence-corrected chi connectivity index (χ2v) is 2.89. The lowest BCUT2D eigenvalue weighted by atomic mass is 10.3. The van der Waals surface area contributed by atoms with Crippen molar-refractivity contribution in [2.75, 3.05) is 32.7 Å². The molecule has 0 aromatic rings. The normalized spacial score (nSPS) is 19.2. The molecule has 0 radical (unpaired) electrons. The first-order chi connectivity index (χ1) is 5.72. The van der Waals surface area contributed by atoms with E-state index < -0.39 is 5.97 Å². The van der Waals surface area contributed by atoms with Crippen LogP contribution in [0.2, 0.25) is 0 Å². The summed E-state index contributed by atoms with van der Waals surface area (Å²) in [5, 5.41) is 8.51. The van der Waals surface area contributed by atoms with E-state index >= 15 is 0 Å². The van der Waals surface area contributed by atoms with Gasteiger partial charge in [-0.15, -0.1) is 0 Å². The van der Waals surface area contributed by atoms with Crippen LogP contribution in [0.3, 0.4) is 0 Å². The van der Waals surface area contributed by atoms with E-state index in [1.807, 2.05) is 4.90 Å². The molecule has 0 spiro atoms. The van der Waals surface area contributed by atoms with Crippen LogP contribution in [0.25, 0.3) is 0 Å². The van der Waals surface area contributed by atoms with Crippen molar-refractivity contribution in [1.82, 2.24) is 9.80 Å². The first-order valence-electron chi connectivity index (χ1n) is 4.03. The monoisotopic (exact) mass is 170 g/mol. The molecule has 4 heteroatoms. The summed E-state index contributed by atoms with van der Waals surface area (Å²) in [7, 11) is 0. The van der Waals surface area contributed by atoms with Crippen LogP contribution in [0.15, 0.2) is 12.8 Å². The molecule has 1 rings (SSSR count). The summed E-state index contributed by atoms with van der Waals surface area (Å²) >= 11 is 0. The third-order valence-electron chi connectivity index (χ3n) is 2.02. The van der Waals surface area contributed by atoms with Gasteiger partial charge in [0.1, 0.15) is 0 Å². The molecule has 0 amide bonds. The average Bonchev–Trinajstić information content (AvgIpc) is 2.05. The number of carbonyl (C=O) groups is 1. The molecule has 0 saturated carbocycles. The quantitative estimate of drug-likeness (QED) is 0.638. The van der Waals surface area contributed by atoms with Gasteiger partial charge in [0, 0.05) is 26.2 Å². The molecular weight excluding hydrogens is 156 g/mol. The fourth-order valence-corrected chi connectivity index (χ4v) is 1.30. The van der Waals surface area contributed by atoms with E-state index in [4.69, 9.17) is 5.11 Å². The van der Waals surface area contributed by atoms with Crippen LogP contribution in [0.4, 0.5) is 0 Å². The Labute approximate surface area is 72.1 Å². The largest absolute Gasteiger partial charge is 0.480 e. The van der Waals surface area contributed by atoms with Crippen LogP contribution >= 0.6 is 0 Å². The summed E-state index contributed by atoms with van der Waals surface area (Å²) in [6, 6.07) is 0. The molecule has 68 valence electrons. The standard InChI is InChI=1S/C8H14N2O2/c1-2-9-3-5-10(6-4-9)7-8(11)12/h2H,1,3-7H2,(H,11,12). The minimum absolute atomic E-state index is 0.158. The van der Waals surface area contributed by atoms with Crippen LogP contribution < -0.4 is 0 Å². The Morgan fingerprint density at radius 2 is 2.00 bits per heavy atom. The molecule has 12 heavy (non-hydrogen) atoms. The lowest BCUT2D eigenvalue weighted by Crippen LogP contribution is -2.45. The maximum absolute atomic E-state index is 10.3. The van der Waals surface area contributed by atoms with E-state index in [0.29, 0.717) is 0 Å². The molecule has 1 aliphatic rings. The molecule has 1 saturated heterocycles. The third-order valence-corrected chi connectivity index (χ3v) is 2.02. The zero-order valence-corrected chi connectivity index (χ0v) is 7.07. The zero-order chi connectivity index (χ0) is 8.97. The van der Waals surface area contributed by atoms with Gasteiger partial charge in [-0.25, -0.2) is 0 Å². The van der Waals surface area contributed by atoms with Gasteiger partial charge in [0.15, 0.2) is 0 Å². The number of carboxylic acids is 1. The van der Waals surface area contributed by atoms with Crippen LogP contribution in [0.5, 0.6) is 0 Å². The molecule has 1 aliphatic heterocycles. The Morgan fingerprint density at radius 3 is 2.42 bits per heavy atom. The average molecular weight is 170 g/mol. The van der Waals surface area contributed by atoms with E-state index in [1.165, 1.54) is 0 Å². The summed E-state index contributed by atoms with van der Waals surface area (Å²) in [5.74, 6) is -0.748. The predicted molar refractivity (Wildman–Crippen MR) is 45.8 cm³/mol. The lowest BCUT2D eigenvalue weighted by molar-refractivity contribution is -0.138. The first kappa shape index (κ1) is 9.06. The molecule has 0 bridgehead atoms. The SMILES string of the molecule is C=CN1CCN(CC(=O)O)CC1. The maximum Gasteiger partial charge on any atom is 0.317 e. The number of hydrogen-bond donors (Lipinski definition) is 1. The number of rotatable bonds is 3. The highest BCUT2D eigenvalue weighted by Crippen LogP contribution is 2.00. The highest BCUT2D eigenvalue weighted by atomic mass is 16.4. The van der Waals surface area contributed by atoms with Crippen LogP contribution in [-0.4, -0.2) is 53.6 Å². The highest BCUT2D eigenvalue weighted by molar-refractivity contribution is 5.69. The van der Waals surface area contributed by atoms with Crippen molar-refractivity contribution in [3.05, 3.63) is 12.8 Å². The molecule has 1 fully saturated rings. The summed E-state index contributed by atoms with van der Waals surface area (Å²) in [6.45, 7) is 7.23. The van der Waals surface area contributed by atoms with E-state index in [9.17, 15) is 4.79 Å². The van der Waals surface area contributed by atoms with E-state index in [2.05, 4.69) is 11.5 Å². The van der Waals surface area contributed by atoms with Crippen molar-refractivity contribution >= 4 is 5.97 Å². The minimum Gasteiger partial charge on any atom is -0.480 e. The van der Waals surface area contributed by atoms with Crippen molar-refractivity contribution in [2.45, 2.75) is 0 Å². The Morgan fingerprint density at radius 1 is 1.42 bits per heavy atom. The molecular formula is C8H14N2O2. The number of aliphatic carboxylic acids is 1. The number of nitrogens with zero attached hydrogens (tertiary/aromatic N) is 2. The molecule has 1 N–H and O–H groups in total. The molecule has 4 nitrogen and oxygen atoms in total. The lowest BCUT2D eigenvalue weighted by Gasteiger charge is -2.32. The van der Waals surface area contributed by atoms with Crippen molar-refractivity contribution in [1.29, 1.82) is 0 Å². The Balaban J connectivity index is 2.26. The predicted octanol–water partition coefficient (Wildman–Crippen LogP) is -0.168. The smallest absolute Gasteiger partial charge is 0.317 e. The van der Waals surface area contributed by atoms with Gasteiger partial charge in [-0.05, 0) is 6.20 Å². The van der Waals surface area contributed by atoms with Gasteiger partial charge < -0.3 is 10.0 Å². The first-order valence-corrected chi connectivity index (χ1v) is 4.03. The second-order valence-electron chi connectivity index (χ2n) is 2.89. The summed E-state index contributed by atoms with van der Waals surface area (Å²) in [5.41, 5.74) is 0. The summed E-state index contributed by atoms with van der Waals surface area (Å²) < 4.78 is 0. The van der Waals surface area contributed by atoms with Crippen molar-refractivity contribution in [2.24, 2.45) is 0 Å². The van der Waals surface area contributed by atoms with Gasteiger partial charge in [-0.2, -0.15) is 0 Å². The van der Waals surface area contributed by atoms with Crippen molar-refractivity contribution < 1.29 is 9.90 Å². The fourth-order valence-electron chi connectivity index (χ4n) is 1.30. The van der Waals surface area contributed by atoms with Crippen LogP contribution in [0, 0.1) is 0 Å². The highest BCUT2D eigenvalue weighted by Gasteiger charge is 2.15. The van der Waals surface area contributed by atoms with Gasteiger partial charge in [-0.1, -0.05) is 6.58 Å². The van der Waals surface area contributed by atoms with Gasteiger partial charge in [0.25, 0.3) is 0 Å². The minimum atomic E-state index is -0.748. The Bertz CT molecular complexity index is 174. The summed E-state index contributed by atoms with van der Waals surface area (Å²) in [6.07, 6.45) is 1.80. The topological polar surface area (TPSA) is 43.8 Å².